The highest BCUT2D eigenvalue weighted by atomic mass is 79.9. The van der Waals surface area contributed by atoms with E-state index in [0.29, 0.717) is 11.6 Å². The van der Waals surface area contributed by atoms with Gasteiger partial charge >= 0.3 is 0 Å². The van der Waals surface area contributed by atoms with Crippen molar-refractivity contribution >= 4 is 27.5 Å². The average Bonchev–Trinajstić information content (AvgIpc) is 2.59. The number of benzene rings is 1. The van der Waals surface area contributed by atoms with Crippen LogP contribution in [0.5, 0.6) is 0 Å². The summed E-state index contributed by atoms with van der Waals surface area (Å²) in [6, 6.07) is 7.84. The van der Waals surface area contributed by atoms with E-state index in [-0.39, 0.29) is 6.61 Å². The van der Waals surface area contributed by atoms with Gasteiger partial charge in [0.15, 0.2) is 0 Å². The highest BCUT2D eigenvalue weighted by Crippen LogP contribution is 2.30. The normalized spacial score (nSPS) is 10.8. The van der Waals surface area contributed by atoms with Crippen molar-refractivity contribution < 1.29 is 5.11 Å². The molecule has 90 valence electrons. The van der Waals surface area contributed by atoms with Crippen molar-refractivity contribution in [3.8, 4) is 11.4 Å². The van der Waals surface area contributed by atoms with E-state index in [2.05, 4.69) is 20.9 Å². The average molecular weight is 316 g/mol. The van der Waals surface area contributed by atoms with Crippen LogP contribution in [0.4, 0.5) is 0 Å². The first kappa shape index (κ1) is 12.6. The highest BCUT2D eigenvalue weighted by molar-refractivity contribution is 9.10. The minimum absolute atomic E-state index is 0.0478. The molecule has 0 unspecified atom stereocenters. The third-order valence-electron chi connectivity index (χ3n) is 2.55. The van der Waals surface area contributed by atoms with Crippen LogP contribution in [0.15, 0.2) is 28.7 Å². The molecular weight excluding hydrogens is 304 g/mol. The van der Waals surface area contributed by atoms with Crippen molar-refractivity contribution in [1.29, 1.82) is 0 Å². The molecule has 1 N–H and O–H groups in total. The van der Waals surface area contributed by atoms with Gasteiger partial charge in [0.05, 0.1) is 5.69 Å². The van der Waals surface area contributed by atoms with Gasteiger partial charge in [-0.05, 0) is 6.07 Å². The van der Waals surface area contributed by atoms with Gasteiger partial charge in [0.1, 0.15) is 11.0 Å². The fourth-order valence-corrected chi connectivity index (χ4v) is 2.36. The van der Waals surface area contributed by atoms with Crippen molar-refractivity contribution in [3.63, 3.8) is 0 Å². The van der Waals surface area contributed by atoms with Gasteiger partial charge in [0.25, 0.3) is 0 Å². The zero-order valence-corrected chi connectivity index (χ0v) is 11.7. The van der Waals surface area contributed by atoms with E-state index in [1.54, 1.807) is 0 Å². The predicted molar refractivity (Wildman–Crippen MR) is 72.1 cm³/mol. The van der Waals surface area contributed by atoms with Crippen LogP contribution in [-0.4, -0.2) is 21.3 Å². The Kier molecular flexibility index (Phi) is 3.86. The zero-order chi connectivity index (χ0) is 12.4. The van der Waals surface area contributed by atoms with E-state index in [1.165, 1.54) is 0 Å². The molecule has 0 fully saturated rings. The fourth-order valence-electron chi connectivity index (χ4n) is 1.68. The fraction of sp³-hybridized carbons (Fsp3) is 0.250. The van der Waals surface area contributed by atoms with E-state index in [0.717, 1.165) is 21.6 Å². The van der Waals surface area contributed by atoms with Crippen molar-refractivity contribution in [2.45, 2.75) is 6.42 Å². The number of aliphatic hydroxyl groups excluding tert-OH is 1. The van der Waals surface area contributed by atoms with Crippen molar-refractivity contribution in [2.24, 2.45) is 7.05 Å². The molecule has 0 aliphatic heterocycles. The van der Waals surface area contributed by atoms with Crippen molar-refractivity contribution in [1.82, 2.24) is 9.55 Å². The Morgan fingerprint density at radius 3 is 2.76 bits per heavy atom. The Labute approximate surface area is 113 Å². The van der Waals surface area contributed by atoms with Crippen LogP contribution in [0.1, 0.15) is 5.69 Å². The molecule has 0 bridgehead atoms. The second-order valence-corrected chi connectivity index (χ2v) is 4.90. The Morgan fingerprint density at radius 1 is 1.41 bits per heavy atom. The molecule has 0 aliphatic rings. The minimum atomic E-state index is 0.0478. The molecule has 1 aromatic heterocycles. The van der Waals surface area contributed by atoms with Gasteiger partial charge < -0.3 is 9.67 Å². The van der Waals surface area contributed by atoms with E-state index in [4.69, 9.17) is 16.7 Å². The van der Waals surface area contributed by atoms with Gasteiger partial charge in [-0.3, -0.25) is 0 Å². The van der Waals surface area contributed by atoms with E-state index < -0.39 is 0 Å². The molecular formula is C12H12BrClN2O. The van der Waals surface area contributed by atoms with Gasteiger partial charge in [0.2, 0.25) is 0 Å². The smallest absolute Gasteiger partial charge is 0.142 e. The number of halogens is 2. The Balaban J connectivity index is 2.53. The Hall–Kier alpha value is -0.840. The number of nitrogens with zero attached hydrogens (tertiary/aromatic N) is 2. The maximum absolute atomic E-state index is 8.95. The molecule has 0 saturated carbocycles. The summed E-state index contributed by atoms with van der Waals surface area (Å²) in [5.74, 6) is 0.797. The monoisotopic (exact) mass is 314 g/mol. The first-order chi connectivity index (χ1) is 8.15. The summed E-state index contributed by atoms with van der Waals surface area (Å²) >= 11 is 9.66. The molecule has 17 heavy (non-hydrogen) atoms. The third-order valence-corrected chi connectivity index (χ3v) is 3.72. The van der Waals surface area contributed by atoms with Crippen LogP contribution in [0.25, 0.3) is 11.4 Å². The molecule has 0 atom stereocenters. The van der Waals surface area contributed by atoms with Gasteiger partial charge in [-0.25, -0.2) is 4.98 Å². The maximum Gasteiger partial charge on any atom is 0.142 e. The molecule has 0 radical (unpaired) electrons. The lowest BCUT2D eigenvalue weighted by atomic mass is 10.2. The summed E-state index contributed by atoms with van der Waals surface area (Å²) in [4.78, 5) is 4.47. The van der Waals surface area contributed by atoms with Gasteiger partial charge in [0, 0.05) is 30.1 Å². The molecule has 0 amide bonds. The molecule has 2 aromatic rings. The first-order valence-electron chi connectivity index (χ1n) is 5.22. The van der Waals surface area contributed by atoms with E-state index >= 15 is 0 Å². The lowest BCUT2D eigenvalue weighted by Gasteiger charge is -2.04. The van der Waals surface area contributed by atoms with Gasteiger partial charge in [-0.2, -0.15) is 0 Å². The van der Waals surface area contributed by atoms with Crippen LogP contribution in [0.3, 0.4) is 0 Å². The third kappa shape index (κ3) is 2.39. The van der Waals surface area contributed by atoms with Crippen LogP contribution < -0.4 is 0 Å². The Bertz CT molecular complexity index is 539. The molecule has 0 spiro atoms. The van der Waals surface area contributed by atoms with Crippen LogP contribution in [0.2, 0.25) is 5.15 Å². The quantitative estimate of drug-likeness (QED) is 0.945. The van der Waals surface area contributed by atoms with Gasteiger partial charge in [-0.1, -0.05) is 45.7 Å². The number of rotatable bonds is 3. The number of aliphatic hydroxyl groups is 1. The number of hydrogen-bond acceptors (Lipinski definition) is 2. The largest absolute Gasteiger partial charge is 0.396 e. The summed E-state index contributed by atoms with van der Waals surface area (Å²) in [7, 11) is 1.87. The summed E-state index contributed by atoms with van der Waals surface area (Å²) in [6.45, 7) is 0.0478. The van der Waals surface area contributed by atoms with Crippen LogP contribution >= 0.6 is 27.5 Å². The van der Waals surface area contributed by atoms with Crippen molar-refractivity contribution in [2.75, 3.05) is 6.61 Å². The number of imidazole rings is 1. The van der Waals surface area contributed by atoms with Crippen LogP contribution in [-0.2, 0) is 13.5 Å². The summed E-state index contributed by atoms with van der Waals surface area (Å²) in [6.07, 6.45) is 0.469. The second-order valence-electron chi connectivity index (χ2n) is 3.69. The second kappa shape index (κ2) is 5.21. The van der Waals surface area contributed by atoms with E-state index in [1.807, 2.05) is 35.9 Å². The molecule has 0 aliphatic carbocycles. The Morgan fingerprint density at radius 2 is 2.12 bits per heavy atom. The summed E-state index contributed by atoms with van der Waals surface area (Å²) < 4.78 is 2.80. The molecule has 0 saturated heterocycles. The highest BCUT2D eigenvalue weighted by Gasteiger charge is 2.15. The molecule has 5 heteroatoms. The summed E-state index contributed by atoms with van der Waals surface area (Å²) in [5, 5.41) is 9.53. The molecule has 1 heterocycles. The topological polar surface area (TPSA) is 38.0 Å². The number of aromatic nitrogens is 2. The lowest BCUT2D eigenvalue weighted by Crippen LogP contribution is -1.93. The number of hydrogen-bond donors (Lipinski definition) is 1. The predicted octanol–water partition coefficient (Wildman–Crippen LogP) is 3.04. The zero-order valence-electron chi connectivity index (χ0n) is 9.32. The standard InChI is InChI=1S/C12H12BrClN2O/c1-16-11(14)10(6-7-17)15-12(16)8-4-2-3-5-9(8)13/h2-5,17H,6-7H2,1H3. The van der Waals surface area contributed by atoms with Gasteiger partial charge in [-0.15, -0.1) is 0 Å². The summed E-state index contributed by atoms with van der Waals surface area (Å²) in [5.41, 5.74) is 1.71. The van der Waals surface area contributed by atoms with E-state index in [9.17, 15) is 0 Å². The van der Waals surface area contributed by atoms with Crippen molar-refractivity contribution in [3.05, 3.63) is 39.6 Å². The molecule has 1 aromatic carbocycles. The molecule has 3 nitrogen and oxygen atoms in total. The lowest BCUT2D eigenvalue weighted by molar-refractivity contribution is 0.298. The SMILES string of the molecule is Cn1c(-c2ccccc2Br)nc(CCO)c1Cl. The minimum Gasteiger partial charge on any atom is -0.396 e. The molecule has 2 rings (SSSR count). The first-order valence-corrected chi connectivity index (χ1v) is 6.39. The van der Waals surface area contributed by atoms with Crippen LogP contribution in [0, 0.1) is 0 Å². The maximum atomic E-state index is 8.95.